The predicted molar refractivity (Wildman–Crippen MR) is 75.9 cm³/mol. The molecule has 0 aliphatic rings. The molecule has 98 valence electrons. The number of hydrogen-bond donors (Lipinski definition) is 1. The summed E-state index contributed by atoms with van der Waals surface area (Å²) in [5.74, 6) is 0.777. The molecule has 3 rings (SSSR count). The summed E-state index contributed by atoms with van der Waals surface area (Å²) >= 11 is 1.55. The van der Waals surface area contributed by atoms with Crippen molar-refractivity contribution in [1.82, 2.24) is 14.8 Å². The molecule has 0 spiro atoms. The first kappa shape index (κ1) is 12.1. The molecule has 0 fully saturated rings. The number of fused-ring (bicyclic) bond motifs is 1. The molecule has 0 saturated heterocycles. The van der Waals surface area contributed by atoms with Gasteiger partial charge in [-0.3, -0.25) is 4.68 Å². The second kappa shape index (κ2) is 4.62. The van der Waals surface area contributed by atoms with Gasteiger partial charge >= 0.3 is 0 Å². The van der Waals surface area contributed by atoms with E-state index in [1.165, 1.54) is 0 Å². The quantitative estimate of drug-likeness (QED) is 0.587. The topological polar surface area (TPSA) is 69.9 Å². The molecule has 0 saturated carbocycles. The molecule has 3 aromatic rings. The number of benzene rings is 1. The lowest BCUT2D eigenvalue weighted by molar-refractivity contribution is 0.489. The van der Waals surface area contributed by atoms with E-state index in [9.17, 15) is 0 Å². The van der Waals surface area contributed by atoms with Gasteiger partial charge in [-0.2, -0.15) is 5.10 Å². The normalized spacial score (nSPS) is 11.3. The van der Waals surface area contributed by atoms with Crippen LogP contribution in [0, 0.1) is 6.92 Å². The third-order valence-corrected chi connectivity index (χ3v) is 3.70. The van der Waals surface area contributed by atoms with Crippen molar-refractivity contribution >= 4 is 28.5 Å². The van der Waals surface area contributed by atoms with Crippen LogP contribution in [0.25, 0.3) is 11.1 Å². The van der Waals surface area contributed by atoms with Crippen molar-refractivity contribution < 1.29 is 4.42 Å². The van der Waals surface area contributed by atoms with Gasteiger partial charge in [0.25, 0.3) is 5.22 Å². The number of nitrogen functional groups attached to an aromatic ring is 1. The van der Waals surface area contributed by atoms with Crippen LogP contribution in [-0.2, 0) is 12.8 Å². The van der Waals surface area contributed by atoms with Crippen LogP contribution < -0.4 is 5.73 Å². The van der Waals surface area contributed by atoms with Gasteiger partial charge in [0.05, 0.1) is 5.69 Å². The van der Waals surface area contributed by atoms with E-state index in [1.54, 1.807) is 11.8 Å². The minimum absolute atomic E-state index is 0.652. The molecule has 1 aromatic carbocycles. The number of nitrogens with two attached hydrogens (primary N) is 1. The largest absolute Gasteiger partial charge is 0.431 e. The Bertz CT molecular complexity index is 731. The Morgan fingerprint density at radius 2 is 2.21 bits per heavy atom. The number of oxazole rings is 1. The minimum atomic E-state index is 0.652. The van der Waals surface area contributed by atoms with Crippen molar-refractivity contribution in [3.05, 3.63) is 35.7 Å². The fraction of sp³-hybridized carbons (Fsp3) is 0.231. The summed E-state index contributed by atoms with van der Waals surface area (Å²) in [5.41, 5.74) is 10.1. The maximum absolute atomic E-state index is 5.72. The summed E-state index contributed by atoms with van der Waals surface area (Å²) in [4.78, 5) is 4.41. The zero-order valence-electron chi connectivity index (χ0n) is 10.8. The summed E-state index contributed by atoms with van der Waals surface area (Å²) in [7, 11) is 1.94. The summed E-state index contributed by atoms with van der Waals surface area (Å²) < 4.78 is 7.54. The zero-order chi connectivity index (χ0) is 13.4. The van der Waals surface area contributed by atoms with E-state index in [0.717, 1.165) is 28.2 Å². The third-order valence-electron chi connectivity index (χ3n) is 2.83. The van der Waals surface area contributed by atoms with E-state index >= 15 is 0 Å². The Morgan fingerprint density at radius 1 is 1.37 bits per heavy atom. The Balaban J connectivity index is 1.80. The Kier molecular flexibility index (Phi) is 2.94. The van der Waals surface area contributed by atoms with Crippen LogP contribution >= 0.6 is 11.8 Å². The van der Waals surface area contributed by atoms with Crippen molar-refractivity contribution in [2.45, 2.75) is 17.9 Å². The summed E-state index contributed by atoms with van der Waals surface area (Å²) in [6, 6.07) is 7.53. The first-order valence-electron chi connectivity index (χ1n) is 5.90. The highest BCUT2D eigenvalue weighted by atomic mass is 32.2. The predicted octanol–water partition coefficient (Wildman–Crippen LogP) is 2.74. The first-order chi connectivity index (χ1) is 9.11. The monoisotopic (exact) mass is 274 g/mol. The molecule has 5 nitrogen and oxygen atoms in total. The molecule has 0 unspecified atom stereocenters. The van der Waals surface area contributed by atoms with Crippen LogP contribution in [-0.4, -0.2) is 14.8 Å². The van der Waals surface area contributed by atoms with E-state index in [4.69, 9.17) is 10.2 Å². The number of nitrogens with zero attached hydrogens (tertiary/aromatic N) is 3. The van der Waals surface area contributed by atoms with Gasteiger partial charge in [0.15, 0.2) is 5.58 Å². The fourth-order valence-corrected chi connectivity index (χ4v) is 2.77. The van der Waals surface area contributed by atoms with E-state index in [-0.39, 0.29) is 0 Å². The third kappa shape index (κ3) is 2.44. The molecule has 19 heavy (non-hydrogen) atoms. The van der Waals surface area contributed by atoms with Gasteiger partial charge in [-0.05, 0) is 31.2 Å². The highest BCUT2D eigenvalue weighted by molar-refractivity contribution is 7.98. The van der Waals surface area contributed by atoms with E-state index < -0.39 is 0 Å². The van der Waals surface area contributed by atoms with Crippen molar-refractivity contribution in [3.63, 3.8) is 0 Å². The van der Waals surface area contributed by atoms with Crippen LogP contribution in [0.15, 0.2) is 33.9 Å². The number of hydrogen-bond acceptors (Lipinski definition) is 5. The number of aryl methyl sites for hydroxylation is 2. The van der Waals surface area contributed by atoms with Crippen LogP contribution in [0.4, 0.5) is 5.69 Å². The Labute approximate surface area is 114 Å². The van der Waals surface area contributed by atoms with Crippen LogP contribution in [0.3, 0.4) is 0 Å². The molecule has 0 aliphatic carbocycles. The Morgan fingerprint density at radius 3 is 2.95 bits per heavy atom. The summed E-state index contributed by atoms with van der Waals surface area (Å²) in [6.45, 7) is 1.98. The maximum atomic E-state index is 5.72. The van der Waals surface area contributed by atoms with Crippen molar-refractivity contribution in [3.8, 4) is 0 Å². The lowest BCUT2D eigenvalue weighted by atomic mass is 10.3. The molecule has 2 N–H and O–H groups in total. The molecule has 2 heterocycles. The SMILES string of the molecule is Cc1cc(CSc2nc3cc(N)ccc3o2)n(C)n1. The van der Waals surface area contributed by atoms with Gasteiger partial charge in [0.2, 0.25) is 0 Å². The lowest BCUT2D eigenvalue weighted by Gasteiger charge is -1.97. The average molecular weight is 274 g/mol. The zero-order valence-corrected chi connectivity index (χ0v) is 11.6. The number of aromatic nitrogens is 3. The molecule has 0 atom stereocenters. The molecule has 0 amide bonds. The number of anilines is 1. The van der Waals surface area contributed by atoms with Crippen LogP contribution in [0.1, 0.15) is 11.4 Å². The molecule has 6 heteroatoms. The van der Waals surface area contributed by atoms with Gasteiger partial charge in [-0.1, -0.05) is 11.8 Å². The van der Waals surface area contributed by atoms with E-state index in [1.807, 2.05) is 36.9 Å². The first-order valence-corrected chi connectivity index (χ1v) is 6.89. The lowest BCUT2D eigenvalue weighted by Crippen LogP contribution is -1.96. The van der Waals surface area contributed by atoms with Crippen LogP contribution in [0.5, 0.6) is 0 Å². The smallest absolute Gasteiger partial charge is 0.257 e. The van der Waals surface area contributed by atoms with Crippen LogP contribution in [0.2, 0.25) is 0 Å². The second-order valence-electron chi connectivity index (χ2n) is 4.40. The van der Waals surface area contributed by atoms with Gasteiger partial charge in [0, 0.05) is 24.2 Å². The highest BCUT2D eigenvalue weighted by Crippen LogP contribution is 2.27. The number of rotatable bonds is 3. The van der Waals surface area contributed by atoms with Crippen molar-refractivity contribution in [1.29, 1.82) is 0 Å². The molecule has 0 aliphatic heterocycles. The molecule has 0 bridgehead atoms. The summed E-state index contributed by atoms with van der Waals surface area (Å²) in [5, 5.41) is 4.97. The highest BCUT2D eigenvalue weighted by Gasteiger charge is 2.09. The second-order valence-corrected chi connectivity index (χ2v) is 5.32. The minimum Gasteiger partial charge on any atom is -0.431 e. The standard InChI is InChI=1S/C13H14N4OS/c1-8-5-10(17(2)16-8)7-19-13-15-11-6-9(14)3-4-12(11)18-13/h3-6H,7,14H2,1-2H3. The molecular formula is C13H14N4OS. The van der Waals surface area contributed by atoms with Crippen molar-refractivity contribution in [2.24, 2.45) is 7.05 Å². The fourth-order valence-electron chi connectivity index (χ4n) is 1.92. The van der Waals surface area contributed by atoms with E-state index in [2.05, 4.69) is 16.1 Å². The number of thioether (sulfide) groups is 1. The molecular weight excluding hydrogens is 260 g/mol. The Hall–Kier alpha value is -1.95. The van der Waals surface area contributed by atoms with Gasteiger partial charge in [-0.25, -0.2) is 4.98 Å². The van der Waals surface area contributed by atoms with E-state index in [0.29, 0.717) is 10.9 Å². The maximum Gasteiger partial charge on any atom is 0.257 e. The van der Waals surface area contributed by atoms with Gasteiger partial charge in [-0.15, -0.1) is 0 Å². The summed E-state index contributed by atoms with van der Waals surface area (Å²) in [6.07, 6.45) is 0. The van der Waals surface area contributed by atoms with Gasteiger partial charge in [0.1, 0.15) is 5.52 Å². The molecule has 0 radical (unpaired) electrons. The van der Waals surface area contributed by atoms with Crippen molar-refractivity contribution in [2.75, 3.05) is 5.73 Å². The van der Waals surface area contributed by atoms with Gasteiger partial charge < -0.3 is 10.2 Å². The molecule has 2 aromatic heterocycles. The average Bonchev–Trinajstić information content (AvgIpc) is 2.89.